The maximum absolute atomic E-state index is 5.23. The third-order valence-electron chi connectivity index (χ3n) is 3.65. The first-order chi connectivity index (χ1) is 8.19. The van der Waals surface area contributed by atoms with Gasteiger partial charge in [0, 0.05) is 30.4 Å². The topological polar surface area (TPSA) is 24.5 Å². The van der Waals surface area contributed by atoms with E-state index in [4.69, 9.17) is 4.74 Å². The van der Waals surface area contributed by atoms with Crippen LogP contribution in [0.4, 0.5) is 5.69 Å². The minimum atomic E-state index is 0.577. The SMILES string of the molecule is COc1cccc(NC2CCN(C)C(C)C2)c1. The lowest BCUT2D eigenvalue weighted by molar-refractivity contribution is 0.190. The molecule has 0 aromatic heterocycles. The fourth-order valence-corrected chi connectivity index (χ4v) is 2.37. The molecule has 2 atom stereocenters. The molecule has 2 rings (SSSR count). The molecule has 2 unspecified atom stereocenters. The van der Waals surface area contributed by atoms with E-state index in [9.17, 15) is 0 Å². The van der Waals surface area contributed by atoms with Crippen LogP contribution in [0.15, 0.2) is 24.3 Å². The summed E-state index contributed by atoms with van der Waals surface area (Å²) in [6.07, 6.45) is 2.41. The molecule has 94 valence electrons. The Kier molecular flexibility index (Phi) is 3.89. The summed E-state index contributed by atoms with van der Waals surface area (Å²) in [7, 11) is 3.91. The molecule has 3 heteroatoms. The third-order valence-corrected chi connectivity index (χ3v) is 3.65. The van der Waals surface area contributed by atoms with Crippen molar-refractivity contribution in [1.29, 1.82) is 0 Å². The number of methoxy groups -OCH3 is 1. The van der Waals surface area contributed by atoms with Crippen LogP contribution in [0.3, 0.4) is 0 Å². The van der Waals surface area contributed by atoms with Crippen LogP contribution in [0, 0.1) is 0 Å². The first-order valence-electron chi connectivity index (χ1n) is 6.30. The van der Waals surface area contributed by atoms with Crippen molar-refractivity contribution in [3.8, 4) is 5.75 Å². The number of piperidine rings is 1. The van der Waals surface area contributed by atoms with Crippen molar-refractivity contribution in [3.63, 3.8) is 0 Å². The number of ether oxygens (including phenoxy) is 1. The Bertz CT molecular complexity index is 367. The second-order valence-electron chi connectivity index (χ2n) is 4.93. The Morgan fingerprint density at radius 1 is 1.41 bits per heavy atom. The minimum absolute atomic E-state index is 0.577. The van der Waals surface area contributed by atoms with Crippen LogP contribution in [-0.4, -0.2) is 37.7 Å². The number of anilines is 1. The predicted molar refractivity (Wildman–Crippen MR) is 71.7 cm³/mol. The molecule has 17 heavy (non-hydrogen) atoms. The van der Waals surface area contributed by atoms with E-state index in [1.165, 1.54) is 19.4 Å². The van der Waals surface area contributed by atoms with E-state index in [2.05, 4.69) is 36.3 Å². The average Bonchev–Trinajstić information content (AvgIpc) is 2.34. The van der Waals surface area contributed by atoms with Gasteiger partial charge in [-0.2, -0.15) is 0 Å². The fraction of sp³-hybridized carbons (Fsp3) is 0.571. The second-order valence-corrected chi connectivity index (χ2v) is 4.93. The smallest absolute Gasteiger partial charge is 0.120 e. The van der Waals surface area contributed by atoms with E-state index in [0.29, 0.717) is 12.1 Å². The van der Waals surface area contributed by atoms with Gasteiger partial charge in [-0.3, -0.25) is 0 Å². The van der Waals surface area contributed by atoms with E-state index < -0.39 is 0 Å². The van der Waals surface area contributed by atoms with Gasteiger partial charge in [-0.1, -0.05) is 6.07 Å². The van der Waals surface area contributed by atoms with Gasteiger partial charge in [-0.15, -0.1) is 0 Å². The number of likely N-dealkylation sites (tertiary alicyclic amines) is 1. The van der Waals surface area contributed by atoms with E-state index in [0.717, 1.165) is 11.4 Å². The highest BCUT2D eigenvalue weighted by atomic mass is 16.5. The van der Waals surface area contributed by atoms with Crippen molar-refractivity contribution in [2.24, 2.45) is 0 Å². The summed E-state index contributed by atoms with van der Waals surface area (Å²) < 4.78 is 5.23. The summed E-state index contributed by atoms with van der Waals surface area (Å²) in [5.41, 5.74) is 1.16. The maximum atomic E-state index is 5.23. The molecule has 0 aliphatic carbocycles. The lowest BCUT2D eigenvalue weighted by atomic mass is 9.98. The molecule has 1 aromatic carbocycles. The van der Waals surface area contributed by atoms with Crippen LogP contribution in [0.5, 0.6) is 5.75 Å². The lowest BCUT2D eigenvalue weighted by Crippen LogP contribution is -2.42. The van der Waals surface area contributed by atoms with Gasteiger partial charge in [-0.25, -0.2) is 0 Å². The normalized spacial score (nSPS) is 25.6. The fourth-order valence-electron chi connectivity index (χ4n) is 2.37. The summed E-state index contributed by atoms with van der Waals surface area (Å²) in [4.78, 5) is 2.42. The zero-order valence-electron chi connectivity index (χ0n) is 10.9. The van der Waals surface area contributed by atoms with Crippen LogP contribution >= 0.6 is 0 Å². The van der Waals surface area contributed by atoms with Crippen LogP contribution in [0.2, 0.25) is 0 Å². The molecule has 0 amide bonds. The van der Waals surface area contributed by atoms with E-state index in [1.54, 1.807) is 7.11 Å². The Morgan fingerprint density at radius 3 is 2.94 bits per heavy atom. The number of benzene rings is 1. The summed E-state index contributed by atoms with van der Waals surface area (Å²) in [5.74, 6) is 0.913. The van der Waals surface area contributed by atoms with Gasteiger partial charge in [-0.05, 0) is 38.9 Å². The van der Waals surface area contributed by atoms with E-state index in [1.807, 2.05) is 12.1 Å². The molecule has 0 radical (unpaired) electrons. The Morgan fingerprint density at radius 2 is 2.24 bits per heavy atom. The molecule has 1 saturated heterocycles. The molecule has 1 heterocycles. The lowest BCUT2D eigenvalue weighted by Gasteiger charge is -2.35. The maximum Gasteiger partial charge on any atom is 0.120 e. The molecule has 1 aromatic rings. The van der Waals surface area contributed by atoms with Gasteiger partial charge in [0.15, 0.2) is 0 Å². The molecular formula is C14H22N2O. The van der Waals surface area contributed by atoms with Crippen LogP contribution in [0.25, 0.3) is 0 Å². The van der Waals surface area contributed by atoms with Crippen LogP contribution in [-0.2, 0) is 0 Å². The van der Waals surface area contributed by atoms with E-state index in [-0.39, 0.29) is 0 Å². The Labute approximate surface area is 104 Å². The molecule has 1 aliphatic heterocycles. The van der Waals surface area contributed by atoms with Gasteiger partial charge >= 0.3 is 0 Å². The summed E-state index contributed by atoms with van der Waals surface area (Å²) >= 11 is 0. The second kappa shape index (κ2) is 5.41. The first-order valence-corrected chi connectivity index (χ1v) is 6.30. The van der Waals surface area contributed by atoms with Crippen molar-refractivity contribution < 1.29 is 4.74 Å². The van der Waals surface area contributed by atoms with Crippen molar-refractivity contribution in [2.75, 3.05) is 26.0 Å². The van der Waals surface area contributed by atoms with Gasteiger partial charge in [0.2, 0.25) is 0 Å². The van der Waals surface area contributed by atoms with Gasteiger partial charge < -0.3 is 15.0 Å². The molecule has 0 bridgehead atoms. The Hall–Kier alpha value is -1.22. The average molecular weight is 234 g/mol. The summed E-state index contributed by atoms with van der Waals surface area (Å²) in [5, 5.41) is 3.60. The van der Waals surface area contributed by atoms with Gasteiger partial charge in [0.1, 0.15) is 5.75 Å². The molecule has 0 spiro atoms. The van der Waals surface area contributed by atoms with Crippen LogP contribution < -0.4 is 10.1 Å². The van der Waals surface area contributed by atoms with Crippen molar-refractivity contribution in [2.45, 2.75) is 31.8 Å². The molecule has 1 fully saturated rings. The molecule has 3 nitrogen and oxygen atoms in total. The van der Waals surface area contributed by atoms with E-state index >= 15 is 0 Å². The molecule has 0 saturated carbocycles. The standard InChI is InChI=1S/C14H22N2O/c1-11-9-13(7-8-16(11)2)15-12-5-4-6-14(10-12)17-3/h4-6,10-11,13,15H,7-9H2,1-3H3. The van der Waals surface area contributed by atoms with Crippen molar-refractivity contribution >= 4 is 5.69 Å². The number of rotatable bonds is 3. The van der Waals surface area contributed by atoms with Gasteiger partial charge in [0.05, 0.1) is 7.11 Å². The van der Waals surface area contributed by atoms with Crippen molar-refractivity contribution in [3.05, 3.63) is 24.3 Å². The number of nitrogens with one attached hydrogen (secondary N) is 1. The minimum Gasteiger partial charge on any atom is -0.497 e. The highest BCUT2D eigenvalue weighted by molar-refractivity contribution is 5.48. The highest BCUT2D eigenvalue weighted by Gasteiger charge is 2.22. The molecule has 1 aliphatic rings. The van der Waals surface area contributed by atoms with Gasteiger partial charge in [0.25, 0.3) is 0 Å². The number of hydrogen-bond donors (Lipinski definition) is 1. The third kappa shape index (κ3) is 3.13. The summed E-state index contributed by atoms with van der Waals surface area (Å²) in [6, 6.07) is 9.40. The van der Waals surface area contributed by atoms with Crippen molar-refractivity contribution in [1.82, 2.24) is 4.90 Å². The predicted octanol–water partition coefficient (Wildman–Crippen LogP) is 2.59. The Balaban J connectivity index is 1.96. The number of hydrogen-bond acceptors (Lipinski definition) is 3. The first kappa shape index (κ1) is 12.2. The largest absolute Gasteiger partial charge is 0.497 e. The monoisotopic (exact) mass is 234 g/mol. The summed E-state index contributed by atoms with van der Waals surface area (Å²) in [6.45, 7) is 3.46. The molecular weight excluding hydrogens is 212 g/mol. The van der Waals surface area contributed by atoms with Crippen LogP contribution in [0.1, 0.15) is 19.8 Å². The quantitative estimate of drug-likeness (QED) is 0.870. The zero-order chi connectivity index (χ0) is 12.3. The highest BCUT2D eigenvalue weighted by Crippen LogP contribution is 2.22. The number of nitrogens with zero attached hydrogens (tertiary/aromatic N) is 1. The molecule has 1 N–H and O–H groups in total. The zero-order valence-corrected chi connectivity index (χ0v) is 10.9.